The Morgan fingerprint density at radius 1 is 1.17 bits per heavy atom. The summed E-state index contributed by atoms with van der Waals surface area (Å²) in [6, 6.07) is 0.260. The van der Waals surface area contributed by atoms with Crippen molar-refractivity contribution in [1.82, 2.24) is 25.0 Å². The molecule has 0 aromatic carbocycles. The number of piperidine rings is 2. The van der Waals surface area contributed by atoms with E-state index in [0.717, 1.165) is 68.9 Å². The zero-order valence-corrected chi connectivity index (χ0v) is 18.5. The van der Waals surface area contributed by atoms with Crippen LogP contribution in [0.1, 0.15) is 47.5 Å². The molecule has 164 valence electrons. The third-order valence-electron chi connectivity index (χ3n) is 6.66. The molecule has 0 saturated carbocycles. The molecule has 0 radical (unpaired) electrons. The Morgan fingerprint density at radius 3 is 2.67 bits per heavy atom. The molecule has 4 heterocycles. The van der Waals surface area contributed by atoms with Crippen molar-refractivity contribution in [2.45, 2.75) is 45.1 Å². The fraction of sp³-hybridized carbons (Fsp3) is 0.714. The van der Waals surface area contributed by atoms with Crippen LogP contribution in [0.15, 0.2) is 5.51 Å². The van der Waals surface area contributed by atoms with Gasteiger partial charge in [0.05, 0.1) is 24.3 Å². The molecule has 1 N–H and O–H groups in total. The molecule has 3 fully saturated rings. The molecule has 3 amide bonds. The molecule has 0 bridgehead atoms. The SMILES string of the molecule is Cc1ncsc1C(=O)N1CCCC[C@H]1C1CCN(C(=O)CN2CCNC(=O)C2)CC1. The average Bonchev–Trinajstić information content (AvgIpc) is 3.19. The second-order valence-electron chi connectivity index (χ2n) is 8.61. The van der Waals surface area contributed by atoms with Gasteiger partial charge in [0.2, 0.25) is 11.8 Å². The van der Waals surface area contributed by atoms with Crippen molar-refractivity contribution in [3.05, 3.63) is 16.1 Å². The van der Waals surface area contributed by atoms with Crippen LogP contribution in [0.25, 0.3) is 0 Å². The van der Waals surface area contributed by atoms with Crippen molar-refractivity contribution >= 4 is 29.1 Å². The molecule has 8 nitrogen and oxygen atoms in total. The minimum atomic E-state index is -0.00834. The predicted octanol–water partition coefficient (Wildman–Crippen LogP) is 1.12. The monoisotopic (exact) mass is 433 g/mol. The van der Waals surface area contributed by atoms with E-state index in [-0.39, 0.29) is 23.8 Å². The lowest BCUT2D eigenvalue weighted by Gasteiger charge is -2.44. The number of nitrogens with zero attached hydrogens (tertiary/aromatic N) is 4. The molecule has 3 aliphatic heterocycles. The van der Waals surface area contributed by atoms with Crippen LogP contribution in [0.5, 0.6) is 0 Å². The summed E-state index contributed by atoms with van der Waals surface area (Å²) in [4.78, 5) is 48.3. The highest BCUT2D eigenvalue weighted by molar-refractivity contribution is 7.11. The summed E-state index contributed by atoms with van der Waals surface area (Å²) < 4.78 is 0. The average molecular weight is 434 g/mol. The van der Waals surface area contributed by atoms with Gasteiger partial charge in [0.25, 0.3) is 5.91 Å². The fourth-order valence-electron chi connectivity index (χ4n) is 4.99. The van der Waals surface area contributed by atoms with Crippen molar-refractivity contribution in [2.24, 2.45) is 5.92 Å². The lowest BCUT2D eigenvalue weighted by atomic mass is 9.83. The number of rotatable bonds is 4. The van der Waals surface area contributed by atoms with E-state index in [1.165, 1.54) is 11.3 Å². The topological polar surface area (TPSA) is 85.8 Å². The smallest absolute Gasteiger partial charge is 0.266 e. The largest absolute Gasteiger partial charge is 0.354 e. The second kappa shape index (κ2) is 9.43. The first-order valence-electron chi connectivity index (χ1n) is 11.0. The van der Waals surface area contributed by atoms with Gasteiger partial charge in [0, 0.05) is 38.8 Å². The standard InChI is InChI=1S/C21H31N5O3S/c1-15-20(30-14-23-15)21(29)26-8-3-2-4-17(26)16-5-9-25(10-6-16)19(28)13-24-11-7-22-18(27)12-24/h14,16-17H,2-13H2,1H3,(H,22,27)/t17-/m0/s1. The van der Waals surface area contributed by atoms with E-state index in [9.17, 15) is 14.4 Å². The van der Waals surface area contributed by atoms with Gasteiger partial charge in [0.15, 0.2) is 0 Å². The van der Waals surface area contributed by atoms with Crippen molar-refractivity contribution in [2.75, 3.05) is 45.8 Å². The van der Waals surface area contributed by atoms with Gasteiger partial charge in [-0.25, -0.2) is 4.98 Å². The van der Waals surface area contributed by atoms with Gasteiger partial charge < -0.3 is 15.1 Å². The minimum Gasteiger partial charge on any atom is -0.354 e. The Balaban J connectivity index is 1.33. The molecule has 1 atom stereocenters. The van der Waals surface area contributed by atoms with E-state index in [4.69, 9.17) is 0 Å². The van der Waals surface area contributed by atoms with Gasteiger partial charge in [-0.2, -0.15) is 0 Å². The maximum atomic E-state index is 13.1. The normalized spacial score (nSPS) is 24.0. The maximum Gasteiger partial charge on any atom is 0.266 e. The van der Waals surface area contributed by atoms with E-state index in [0.29, 0.717) is 25.6 Å². The first-order valence-corrected chi connectivity index (χ1v) is 11.9. The summed E-state index contributed by atoms with van der Waals surface area (Å²) in [5.41, 5.74) is 2.57. The van der Waals surface area contributed by atoms with Gasteiger partial charge in [-0.3, -0.25) is 19.3 Å². The summed E-state index contributed by atoms with van der Waals surface area (Å²) in [5.74, 6) is 0.667. The van der Waals surface area contributed by atoms with E-state index < -0.39 is 0 Å². The molecule has 0 spiro atoms. The summed E-state index contributed by atoms with van der Waals surface area (Å²) in [6.45, 7) is 6.15. The van der Waals surface area contributed by atoms with Crippen LogP contribution in [0.3, 0.4) is 0 Å². The highest BCUT2D eigenvalue weighted by Crippen LogP contribution is 2.32. The minimum absolute atomic E-state index is 0.00834. The third-order valence-corrected chi connectivity index (χ3v) is 7.58. The van der Waals surface area contributed by atoms with Crippen molar-refractivity contribution in [3.8, 4) is 0 Å². The summed E-state index contributed by atoms with van der Waals surface area (Å²) >= 11 is 1.43. The van der Waals surface area contributed by atoms with Crippen LogP contribution in [0.4, 0.5) is 0 Å². The number of aryl methyl sites for hydroxylation is 1. The summed E-state index contributed by atoms with van der Waals surface area (Å²) in [5, 5.41) is 2.79. The fourth-order valence-corrected chi connectivity index (χ4v) is 5.75. The van der Waals surface area contributed by atoms with Crippen molar-refractivity contribution in [3.63, 3.8) is 0 Å². The Hall–Kier alpha value is -2.00. The van der Waals surface area contributed by atoms with Gasteiger partial charge >= 0.3 is 0 Å². The number of carbonyl (C=O) groups is 3. The molecule has 0 unspecified atom stereocenters. The number of piperazine rings is 1. The number of nitrogens with one attached hydrogen (secondary N) is 1. The quantitative estimate of drug-likeness (QED) is 0.769. The molecule has 3 saturated heterocycles. The molecule has 4 rings (SSSR count). The first-order chi connectivity index (χ1) is 14.5. The van der Waals surface area contributed by atoms with Crippen molar-refractivity contribution < 1.29 is 14.4 Å². The number of carbonyl (C=O) groups excluding carboxylic acids is 3. The van der Waals surface area contributed by atoms with Gasteiger partial charge in [0.1, 0.15) is 4.88 Å². The molecular weight excluding hydrogens is 402 g/mol. The highest BCUT2D eigenvalue weighted by Gasteiger charge is 2.36. The lowest BCUT2D eigenvalue weighted by Crippen LogP contribution is -2.53. The number of likely N-dealkylation sites (tertiary alicyclic amines) is 2. The molecule has 1 aromatic rings. The van der Waals surface area contributed by atoms with Crippen LogP contribution in [-0.4, -0.2) is 89.3 Å². The summed E-state index contributed by atoms with van der Waals surface area (Å²) in [6.07, 6.45) is 5.13. The lowest BCUT2D eigenvalue weighted by molar-refractivity contribution is -0.135. The van der Waals surface area contributed by atoms with Gasteiger partial charge in [-0.1, -0.05) is 0 Å². The number of hydrogen-bond donors (Lipinski definition) is 1. The van der Waals surface area contributed by atoms with Crippen LogP contribution < -0.4 is 5.32 Å². The second-order valence-corrected chi connectivity index (χ2v) is 9.46. The zero-order chi connectivity index (χ0) is 21.1. The Labute approximate surface area is 181 Å². The van der Waals surface area contributed by atoms with Crippen LogP contribution >= 0.6 is 11.3 Å². The van der Waals surface area contributed by atoms with Crippen LogP contribution in [0.2, 0.25) is 0 Å². The summed E-state index contributed by atoms with van der Waals surface area (Å²) in [7, 11) is 0. The van der Waals surface area contributed by atoms with Crippen LogP contribution in [0, 0.1) is 12.8 Å². The first kappa shape index (κ1) is 21.2. The Bertz CT molecular complexity index is 789. The Morgan fingerprint density at radius 2 is 1.97 bits per heavy atom. The van der Waals surface area contributed by atoms with E-state index in [1.54, 1.807) is 5.51 Å². The van der Waals surface area contributed by atoms with Gasteiger partial charge in [-0.05, 0) is 44.9 Å². The van der Waals surface area contributed by atoms with Crippen LogP contribution in [-0.2, 0) is 9.59 Å². The number of amides is 3. The number of thiazole rings is 1. The van der Waals surface area contributed by atoms with E-state index in [2.05, 4.69) is 15.2 Å². The zero-order valence-electron chi connectivity index (χ0n) is 17.6. The Kier molecular flexibility index (Phi) is 6.67. The van der Waals surface area contributed by atoms with E-state index >= 15 is 0 Å². The molecule has 30 heavy (non-hydrogen) atoms. The maximum absolute atomic E-state index is 13.1. The van der Waals surface area contributed by atoms with Gasteiger partial charge in [-0.15, -0.1) is 11.3 Å². The number of aromatic nitrogens is 1. The van der Waals surface area contributed by atoms with E-state index in [1.807, 2.05) is 16.7 Å². The third kappa shape index (κ3) is 4.67. The number of hydrogen-bond acceptors (Lipinski definition) is 6. The molecule has 3 aliphatic rings. The molecule has 9 heteroatoms. The molecule has 1 aromatic heterocycles. The highest BCUT2D eigenvalue weighted by atomic mass is 32.1. The molecular formula is C21H31N5O3S. The molecule has 0 aliphatic carbocycles. The van der Waals surface area contributed by atoms with Crippen molar-refractivity contribution in [1.29, 1.82) is 0 Å². The predicted molar refractivity (Wildman–Crippen MR) is 114 cm³/mol.